The quantitative estimate of drug-likeness (QED) is 0.628. The van der Waals surface area contributed by atoms with Crippen molar-refractivity contribution in [3.8, 4) is 11.5 Å². The van der Waals surface area contributed by atoms with Gasteiger partial charge in [0.1, 0.15) is 0 Å². The molecule has 1 aliphatic heterocycles. The molecular formula is C18H18Cl3NO2. The molecule has 0 amide bonds. The second kappa shape index (κ2) is 6.64. The fourth-order valence-electron chi connectivity index (χ4n) is 3.98. The van der Waals surface area contributed by atoms with Crippen molar-refractivity contribution >= 4 is 35.6 Å². The fourth-order valence-corrected chi connectivity index (χ4v) is 4.29. The summed E-state index contributed by atoms with van der Waals surface area (Å²) in [5.41, 5.74) is 4.24. The molecule has 24 heavy (non-hydrogen) atoms. The molecule has 0 spiro atoms. The van der Waals surface area contributed by atoms with Gasteiger partial charge in [-0.2, -0.15) is 0 Å². The Bertz CT molecular complexity index is 794. The maximum atomic E-state index is 10.2. The lowest BCUT2D eigenvalue weighted by atomic mass is 9.85. The number of hydrogen-bond donors (Lipinski definition) is 3. The van der Waals surface area contributed by atoms with E-state index in [1.54, 1.807) is 6.07 Å². The van der Waals surface area contributed by atoms with Gasteiger partial charge in [-0.15, -0.1) is 12.4 Å². The van der Waals surface area contributed by atoms with Crippen molar-refractivity contribution < 1.29 is 10.2 Å². The molecule has 0 saturated heterocycles. The zero-order valence-corrected chi connectivity index (χ0v) is 15.2. The second-order valence-corrected chi connectivity index (χ2v) is 7.16. The van der Waals surface area contributed by atoms with Crippen LogP contribution in [-0.2, 0) is 6.42 Å². The van der Waals surface area contributed by atoms with E-state index in [-0.39, 0.29) is 29.8 Å². The minimum Gasteiger partial charge on any atom is -0.504 e. The van der Waals surface area contributed by atoms with Crippen molar-refractivity contribution in [1.82, 2.24) is 5.32 Å². The molecule has 0 radical (unpaired) electrons. The van der Waals surface area contributed by atoms with E-state index in [9.17, 15) is 10.2 Å². The van der Waals surface area contributed by atoms with E-state index in [0.717, 1.165) is 42.6 Å². The van der Waals surface area contributed by atoms with Crippen molar-refractivity contribution in [2.75, 3.05) is 13.1 Å². The average Bonchev–Trinajstić information content (AvgIpc) is 2.87. The average molecular weight is 387 g/mol. The lowest BCUT2D eigenvalue weighted by Gasteiger charge is -2.21. The highest BCUT2D eigenvalue weighted by Crippen LogP contribution is 2.48. The molecule has 2 aromatic carbocycles. The maximum Gasteiger partial charge on any atom is 0.160 e. The van der Waals surface area contributed by atoms with Gasteiger partial charge in [-0.05, 0) is 53.6 Å². The highest BCUT2D eigenvalue weighted by atomic mass is 35.5. The van der Waals surface area contributed by atoms with Gasteiger partial charge in [-0.25, -0.2) is 0 Å². The monoisotopic (exact) mass is 385 g/mol. The third kappa shape index (κ3) is 2.74. The number of nitrogens with one attached hydrogen (secondary N) is 1. The molecule has 1 aliphatic carbocycles. The number of hydrogen-bond acceptors (Lipinski definition) is 3. The van der Waals surface area contributed by atoms with E-state index < -0.39 is 0 Å². The highest BCUT2D eigenvalue weighted by molar-refractivity contribution is 6.42. The standard InChI is InChI=1S/C18H17Cl2NO2.ClH/c19-14-4-2-9(5-15(14)20)13-8-21-7-10-1-3-11-17(10)12(13)6-16(22)18(11)23;/h2,4-6,10,13,21-23H,1,3,7-8H2;1H/t10-,13-;/m1./s1. The molecule has 3 N–H and O–H groups in total. The van der Waals surface area contributed by atoms with Gasteiger partial charge < -0.3 is 15.5 Å². The molecule has 0 unspecified atom stereocenters. The van der Waals surface area contributed by atoms with E-state index >= 15 is 0 Å². The Labute approximate surface area is 157 Å². The Balaban J connectivity index is 0.00000169. The van der Waals surface area contributed by atoms with Gasteiger partial charge in [0.05, 0.1) is 10.0 Å². The Morgan fingerprint density at radius 2 is 1.83 bits per heavy atom. The van der Waals surface area contributed by atoms with Gasteiger partial charge in [0.2, 0.25) is 0 Å². The van der Waals surface area contributed by atoms with E-state index in [4.69, 9.17) is 23.2 Å². The summed E-state index contributed by atoms with van der Waals surface area (Å²) in [6, 6.07) is 7.39. The summed E-state index contributed by atoms with van der Waals surface area (Å²) in [4.78, 5) is 0. The lowest BCUT2D eigenvalue weighted by Crippen LogP contribution is -2.22. The number of aromatic hydroxyl groups is 2. The normalized spacial score (nSPS) is 21.8. The van der Waals surface area contributed by atoms with Gasteiger partial charge >= 0.3 is 0 Å². The number of phenolic OH excluding ortho intramolecular Hbond substituents is 2. The fraction of sp³-hybridized carbons (Fsp3) is 0.333. The molecule has 0 aromatic heterocycles. The van der Waals surface area contributed by atoms with Crippen molar-refractivity contribution in [2.45, 2.75) is 24.7 Å². The first kappa shape index (κ1) is 17.7. The van der Waals surface area contributed by atoms with E-state index in [1.165, 1.54) is 5.56 Å². The molecule has 2 aromatic rings. The summed E-state index contributed by atoms with van der Waals surface area (Å²) >= 11 is 12.2. The molecule has 0 saturated carbocycles. The summed E-state index contributed by atoms with van der Waals surface area (Å²) in [6.07, 6.45) is 1.81. The van der Waals surface area contributed by atoms with Gasteiger partial charge in [0.15, 0.2) is 11.5 Å². The molecule has 3 nitrogen and oxygen atoms in total. The van der Waals surface area contributed by atoms with Crippen molar-refractivity contribution in [2.24, 2.45) is 0 Å². The van der Waals surface area contributed by atoms with Crippen LogP contribution in [0.25, 0.3) is 0 Å². The summed E-state index contributed by atoms with van der Waals surface area (Å²) in [7, 11) is 0. The molecular weight excluding hydrogens is 369 g/mol. The predicted octanol–water partition coefficient (Wildman–Crippen LogP) is 4.59. The smallest absolute Gasteiger partial charge is 0.160 e. The Morgan fingerprint density at radius 1 is 1.04 bits per heavy atom. The molecule has 2 aliphatic rings. The molecule has 0 fully saturated rings. The number of rotatable bonds is 1. The molecule has 128 valence electrons. The van der Waals surface area contributed by atoms with Crippen LogP contribution in [-0.4, -0.2) is 23.3 Å². The lowest BCUT2D eigenvalue weighted by molar-refractivity contribution is 0.399. The molecule has 2 atom stereocenters. The first-order chi connectivity index (χ1) is 11.1. The van der Waals surface area contributed by atoms with Crippen LogP contribution in [0.2, 0.25) is 10.0 Å². The van der Waals surface area contributed by atoms with Gasteiger partial charge in [0.25, 0.3) is 0 Å². The largest absolute Gasteiger partial charge is 0.504 e. The Kier molecular flexibility index (Phi) is 4.89. The summed E-state index contributed by atoms with van der Waals surface area (Å²) in [5, 5.41) is 24.9. The topological polar surface area (TPSA) is 52.5 Å². The zero-order valence-electron chi connectivity index (χ0n) is 12.9. The van der Waals surface area contributed by atoms with Crippen LogP contribution >= 0.6 is 35.6 Å². The minimum absolute atomic E-state index is 0. The van der Waals surface area contributed by atoms with Gasteiger partial charge in [-0.1, -0.05) is 29.3 Å². The van der Waals surface area contributed by atoms with Crippen molar-refractivity contribution in [3.05, 3.63) is 56.6 Å². The Morgan fingerprint density at radius 3 is 2.58 bits per heavy atom. The summed E-state index contributed by atoms with van der Waals surface area (Å²) in [5.74, 6) is 0.472. The van der Waals surface area contributed by atoms with Crippen LogP contribution in [0, 0.1) is 0 Å². The first-order valence-corrected chi connectivity index (χ1v) is 8.55. The minimum atomic E-state index is -0.0358. The zero-order chi connectivity index (χ0) is 16.1. The molecule has 0 bridgehead atoms. The van der Waals surface area contributed by atoms with Crippen molar-refractivity contribution in [3.63, 3.8) is 0 Å². The maximum absolute atomic E-state index is 10.2. The Hall–Kier alpha value is -1.13. The van der Waals surface area contributed by atoms with Gasteiger partial charge in [0, 0.05) is 24.6 Å². The van der Waals surface area contributed by atoms with E-state index in [0.29, 0.717) is 16.0 Å². The van der Waals surface area contributed by atoms with Crippen LogP contribution in [0.5, 0.6) is 11.5 Å². The van der Waals surface area contributed by atoms with Crippen LogP contribution < -0.4 is 5.32 Å². The van der Waals surface area contributed by atoms with Crippen molar-refractivity contribution in [1.29, 1.82) is 0 Å². The molecule has 1 heterocycles. The molecule has 6 heteroatoms. The highest BCUT2D eigenvalue weighted by Gasteiger charge is 2.34. The van der Waals surface area contributed by atoms with Gasteiger partial charge in [-0.3, -0.25) is 0 Å². The van der Waals surface area contributed by atoms with Crippen LogP contribution in [0.1, 0.15) is 40.5 Å². The number of phenols is 2. The SMILES string of the molecule is Cl.Oc1cc2c3c(c1O)CC[C@@H]3CNC[C@@H]2c1ccc(Cl)c(Cl)c1. The first-order valence-electron chi connectivity index (χ1n) is 7.79. The van der Waals surface area contributed by atoms with Crippen LogP contribution in [0.3, 0.4) is 0 Å². The van der Waals surface area contributed by atoms with E-state index in [1.807, 2.05) is 18.2 Å². The number of halogens is 3. The number of benzene rings is 2. The van der Waals surface area contributed by atoms with Crippen LogP contribution in [0.15, 0.2) is 24.3 Å². The van der Waals surface area contributed by atoms with Crippen LogP contribution in [0.4, 0.5) is 0 Å². The van der Waals surface area contributed by atoms with E-state index in [2.05, 4.69) is 5.32 Å². The summed E-state index contributed by atoms with van der Waals surface area (Å²) in [6.45, 7) is 1.66. The third-order valence-electron chi connectivity index (χ3n) is 5.07. The summed E-state index contributed by atoms with van der Waals surface area (Å²) < 4.78 is 0. The molecule has 4 rings (SSSR count). The second-order valence-electron chi connectivity index (χ2n) is 6.35. The third-order valence-corrected chi connectivity index (χ3v) is 5.81. The predicted molar refractivity (Wildman–Crippen MR) is 99.3 cm³/mol.